The smallest absolute Gasteiger partial charge is 0.0720 e. The number of benzene rings is 4. The lowest BCUT2D eigenvalue weighted by Gasteiger charge is -2.28. The van der Waals surface area contributed by atoms with Gasteiger partial charge in [0.05, 0.1) is 15.9 Å². The maximum absolute atomic E-state index is 3.77. The third-order valence-corrected chi connectivity index (χ3v) is 4.83. The highest BCUT2D eigenvalue weighted by atomic mass is 28.1. The maximum atomic E-state index is 3.77. The molecule has 4 rings (SSSR count). The highest BCUT2D eigenvalue weighted by Gasteiger charge is 2.16. The fourth-order valence-electron chi connectivity index (χ4n) is 3.20. The molecule has 0 aliphatic heterocycles. The van der Waals surface area contributed by atoms with Crippen LogP contribution in [-0.4, -0.2) is 10.2 Å². The standard InChI is InChI=1S/C24H18NSi/c26-24-18-10-8-16-22(24)21-15-7-9-17-23(21)25(19-11-3-1-4-12-19)20-13-5-2-6-14-20/h1-18H. The van der Waals surface area contributed by atoms with E-state index in [9.17, 15) is 0 Å². The normalized spacial score (nSPS) is 10.5. The fourth-order valence-corrected chi connectivity index (χ4v) is 3.51. The first-order valence-electron chi connectivity index (χ1n) is 8.65. The molecule has 0 aliphatic rings. The van der Waals surface area contributed by atoms with Crippen LogP contribution in [-0.2, 0) is 0 Å². The Morgan fingerprint density at radius 2 is 0.923 bits per heavy atom. The minimum atomic E-state index is 1.08. The summed E-state index contributed by atoms with van der Waals surface area (Å²) >= 11 is 0. The predicted octanol–water partition coefficient (Wildman–Crippen LogP) is 5.62. The van der Waals surface area contributed by atoms with E-state index in [-0.39, 0.29) is 0 Å². The molecule has 0 unspecified atom stereocenters. The number of rotatable bonds is 4. The molecular formula is C24H18NSi. The van der Waals surface area contributed by atoms with Gasteiger partial charge in [-0.15, -0.1) is 0 Å². The van der Waals surface area contributed by atoms with Crippen LogP contribution in [0.25, 0.3) is 11.1 Å². The van der Waals surface area contributed by atoms with E-state index in [1.54, 1.807) is 0 Å². The van der Waals surface area contributed by atoms with Crippen LogP contribution in [0.3, 0.4) is 0 Å². The Labute approximate surface area is 158 Å². The molecule has 2 heteroatoms. The zero-order chi connectivity index (χ0) is 17.8. The third-order valence-electron chi connectivity index (χ3n) is 4.39. The highest BCUT2D eigenvalue weighted by molar-refractivity contribution is 6.36. The molecule has 0 spiro atoms. The second-order valence-electron chi connectivity index (χ2n) is 6.07. The van der Waals surface area contributed by atoms with Crippen molar-refractivity contribution in [1.82, 2.24) is 0 Å². The molecule has 123 valence electrons. The van der Waals surface area contributed by atoms with Gasteiger partial charge < -0.3 is 4.90 Å². The fraction of sp³-hybridized carbons (Fsp3) is 0. The van der Waals surface area contributed by atoms with E-state index in [0.29, 0.717) is 0 Å². The average Bonchev–Trinajstić information content (AvgIpc) is 2.71. The van der Waals surface area contributed by atoms with Gasteiger partial charge in [-0.25, -0.2) is 0 Å². The molecule has 0 saturated heterocycles. The van der Waals surface area contributed by atoms with E-state index >= 15 is 0 Å². The van der Waals surface area contributed by atoms with Gasteiger partial charge in [0, 0.05) is 16.9 Å². The van der Waals surface area contributed by atoms with Gasteiger partial charge in [0.25, 0.3) is 0 Å². The van der Waals surface area contributed by atoms with E-state index in [4.69, 9.17) is 0 Å². The predicted molar refractivity (Wildman–Crippen MR) is 112 cm³/mol. The molecule has 4 aromatic carbocycles. The Kier molecular flexibility index (Phi) is 4.67. The minimum absolute atomic E-state index is 1.08. The summed E-state index contributed by atoms with van der Waals surface area (Å²) in [6, 6.07) is 37.8. The van der Waals surface area contributed by atoms with Crippen LogP contribution in [0.2, 0.25) is 0 Å². The van der Waals surface area contributed by atoms with Gasteiger partial charge in [-0.05, 0) is 35.9 Å². The van der Waals surface area contributed by atoms with Crippen LogP contribution in [0.15, 0.2) is 109 Å². The van der Waals surface area contributed by atoms with Crippen molar-refractivity contribution in [3.05, 3.63) is 109 Å². The van der Waals surface area contributed by atoms with Gasteiger partial charge in [0.2, 0.25) is 0 Å². The molecule has 26 heavy (non-hydrogen) atoms. The molecule has 4 aromatic rings. The van der Waals surface area contributed by atoms with Crippen LogP contribution in [0, 0.1) is 0 Å². The molecule has 0 amide bonds. The lowest BCUT2D eigenvalue weighted by molar-refractivity contribution is 1.28. The number of hydrogen-bond acceptors (Lipinski definition) is 1. The Morgan fingerprint density at radius 1 is 0.462 bits per heavy atom. The molecule has 0 bridgehead atoms. The Morgan fingerprint density at radius 3 is 1.50 bits per heavy atom. The monoisotopic (exact) mass is 348 g/mol. The van der Waals surface area contributed by atoms with Gasteiger partial charge in [-0.3, -0.25) is 0 Å². The van der Waals surface area contributed by atoms with Gasteiger partial charge in [0.1, 0.15) is 0 Å². The van der Waals surface area contributed by atoms with Crippen molar-refractivity contribution in [3.8, 4) is 11.1 Å². The number of para-hydroxylation sites is 3. The molecule has 0 saturated carbocycles. The average molecular weight is 349 g/mol. The summed E-state index contributed by atoms with van der Waals surface area (Å²) < 4.78 is 0. The zero-order valence-electron chi connectivity index (χ0n) is 14.3. The number of nitrogens with zero attached hydrogens (tertiary/aromatic N) is 1. The van der Waals surface area contributed by atoms with Crippen molar-refractivity contribution in [2.24, 2.45) is 0 Å². The van der Waals surface area contributed by atoms with Gasteiger partial charge in [0.15, 0.2) is 0 Å². The molecule has 0 aromatic heterocycles. The summed E-state index contributed by atoms with van der Waals surface area (Å²) in [5.41, 5.74) is 5.79. The van der Waals surface area contributed by atoms with Gasteiger partial charge in [-0.2, -0.15) is 0 Å². The van der Waals surface area contributed by atoms with Crippen molar-refractivity contribution in [2.45, 2.75) is 0 Å². The number of hydrogen-bond donors (Lipinski definition) is 0. The Bertz CT molecular complexity index is 957. The largest absolute Gasteiger partial charge is 0.310 e. The molecule has 0 atom stereocenters. The minimum Gasteiger partial charge on any atom is -0.310 e. The van der Waals surface area contributed by atoms with Crippen molar-refractivity contribution in [2.75, 3.05) is 4.90 Å². The van der Waals surface area contributed by atoms with Crippen LogP contribution < -0.4 is 10.1 Å². The van der Waals surface area contributed by atoms with Crippen molar-refractivity contribution in [3.63, 3.8) is 0 Å². The molecule has 0 aliphatic carbocycles. The summed E-state index contributed by atoms with van der Waals surface area (Å²) in [6.07, 6.45) is 0. The van der Waals surface area contributed by atoms with Crippen LogP contribution >= 0.6 is 0 Å². The quantitative estimate of drug-likeness (QED) is 0.433. The molecule has 0 fully saturated rings. The first-order valence-corrected chi connectivity index (χ1v) is 9.15. The molecule has 0 heterocycles. The third kappa shape index (κ3) is 3.19. The molecular weight excluding hydrogens is 330 g/mol. The second-order valence-corrected chi connectivity index (χ2v) is 6.61. The topological polar surface area (TPSA) is 3.24 Å². The summed E-state index contributed by atoms with van der Waals surface area (Å²) in [5, 5.41) is 1.08. The van der Waals surface area contributed by atoms with Crippen molar-refractivity contribution in [1.29, 1.82) is 0 Å². The lowest BCUT2D eigenvalue weighted by Crippen LogP contribution is -2.13. The van der Waals surface area contributed by atoms with Crippen LogP contribution in [0.4, 0.5) is 17.1 Å². The summed E-state index contributed by atoms with van der Waals surface area (Å²) in [7, 11) is 3.77. The van der Waals surface area contributed by atoms with E-state index in [1.165, 1.54) is 11.1 Å². The summed E-state index contributed by atoms with van der Waals surface area (Å²) in [5.74, 6) is 0. The molecule has 3 radical (unpaired) electrons. The SMILES string of the molecule is [Si]c1ccccc1-c1ccccc1N(c1ccccc1)c1ccccc1. The first kappa shape index (κ1) is 16.4. The van der Waals surface area contributed by atoms with Gasteiger partial charge in [-0.1, -0.05) is 84.0 Å². The van der Waals surface area contributed by atoms with Crippen LogP contribution in [0.1, 0.15) is 0 Å². The van der Waals surface area contributed by atoms with Crippen LogP contribution in [0.5, 0.6) is 0 Å². The Balaban J connectivity index is 1.95. The second kappa shape index (κ2) is 7.42. The molecule has 1 nitrogen and oxygen atoms in total. The van der Waals surface area contributed by atoms with E-state index < -0.39 is 0 Å². The maximum Gasteiger partial charge on any atom is 0.0720 e. The van der Waals surface area contributed by atoms with Gasteiger partial charge >= 0.3 is 0 Å². The first-order chi connectivity index (χ1) is 12.8. The lowest BCUT2D eigenvalue weighted by atomic mass is 10.0. The Hall–Kier alpha value is -3.10. The van der Waals surface area contributed by atoms with Crippen molar-refractivity contribution >= 4 is 32.5 Å². The van der Waals surface area contributed by atoms with Crippen molar-refractivity contribution < 1.29 is 0 Å². The molecule has 0 N–H and O–H groups in total. The van der Waals surface area contributed by atoms with E-state index in [1.807, 2.05) is 18.2 Å². The van der Waals surface area contributed by atoms with E-state index in [0.717, 1.165) is 22.2 Å². The highest BCUT2D eigenvalue weighted by Crippen LogP contribution is 2.39. The summed E-state index contributed by atoms with van der Waals surface area (Å²) in [6.45, 7) is 0. The summed E-state index contributed by atoms with van der Waals surface area (Å²) in [4.78, 5) is 2.30. The number of anilines is 3. The van der Waals surface area contributed by atoms with E-state index in [2.05, 4.69) is 106 Å². The zero-order valence-corrected chi connectivity index (χ0v) is 15.3.